The molecule has 2 atom stereocenters. The third kappa shape index (κ3) is 4.53. The third-order valence-electron chi connectivity index (χ3n) is 4.88. The second kappa shape index (κ2) is 8.43. The molecule has 23 heavy (non-hydrogen) atoms. The fourth-order valence-corrected chi connectivity index (χ4v) is 3.55. The van der Waals surface area contributed by atoms with Crippen LogP contribution in [0.1, 0.15) is 37.3 Å². The number of carbonyl (C=O) groups is 1. The van der Waals surface area contributed by atoms with E-state index in [-0.39, 0.29) is 17.9 Å². The Hall–Kier alpha value is -1.43. The summed E-state index contributed by atoms with van der Waals surface area (Å²) in [5.74, 6) is 0.0994. The number of piperidine rings is 1. The fourth-order valence-electron chi connectivity index (χ4n) is 3.55. The van der Waals surface area contributed by atoms with Crippen molar-refractivity contribution in [3.05, 3.63) is 35.9 Å². The molecule has 2 aliphatic rings. The predicted molar refractivity (Wildman–Crippen MR) is 91.7 cm³/mol. The summed E-state index contributed by atoms with van der Waals surface area (Å²) in [5.41, 5.74) is 7.51. The molecule has 0 aliphatic carbocycles. The first-order valence-corrected chi connectivity index (χ1v) is 8.88. The molecule has 1 aromatic rings. The topological polar surface area (TPSA) is 56.4 Å². The number of likely N-dealkylation sites (tertiary alicyclic amines) is 1. The highest BCUT2D eigenvalue weighted by Gasteiger charge is 2.33. The highest BCUT2D eigenvalue weighted by Crippen LogP contribution is 2.24. The van der Waals surface area contributed by atoms with Gasteiger partial charge in [-0.25, -0.2) is 5.43 Å². The van der Waals surface area contributed by atoms with Crippen LogP contribution >= 0.6 is 0 Å². The van der Waals surface area contributed by atoms with E-state index in [1.165, 1.54) is 32.4 Å². The van der Waals surface area contributed by atoms with Gasteiger partial charge < -0.3 is 10.2 Å². The van der Waals surface area contributed by atoms with Crippen molar-refractivity contribution in [2.75, 3.05) is 32.7 Å². The smallest absolute Gasteiger partial charge is 0.226 e. The van der Waals surface area contributed by atoms with Gasteiger partial charge in [-0.1, -0.05) is 36.8 Å². The van der Waals surface area contributed by atoms with Crippen molar-refractivity contribution in [2.24, 2.45) is 5.92 Å². The predicted octanol–water partition coefficient (Wildman–Crippen LogP) is 1.44. The van der Waals surface area contributed by atoms with Crippen LogP contribution in [-0.2, 0) is 4.79 Å². The molecule has 126 valence electrons. The average Bonchev–Trinajstić information content (AvgIpc) is 3.10. The van der Waals surface area contributed by atoms with Gasteiger partial charge in [0.15, 0.2) is 0 Å². The maximum absolute atomic E-state index is 12.5. The van der Waals surface area contributed by atoms with Crippen LogP contribution in [0.25, 0.3) is 0 Å². The number of benzene rings is 1. The standard InChI is InChI=1S/C18H28N4O/c23-18(19-10-7-13-22-11-5-2-6-12-22)16-14-20-21-17(16)15-8-3-1-4-9-15/h1,3-4,8-9,16-17,20-21H,2,5-7,10-14H2,(H,19,23). The van der Waals surface area contributed by atoms with Crippen LogP contribution < -0.4 is 16.2 Å². The van der Waals surface area contributed by atoms with Crippen LogP contribution in [0.4, 0.5) is 0 Å². The summed E-state index contributed by atoms with van der Waals surface area (Å²) in [7, 11) is 0. The largest absolute Gasteiger partial charge is 0.356 e. The van der Waals surface area contributed by atoms with Crippen molar-refractivity contribution >= 4 is 5.91 Å². The normalized spacial score (nSPS) is 25.4. The number of nitrogens with zero attached hydrogens (tertiary/aromatic N) is 1. The van der Waals surface area contributed by atoms with E-state index in [4.69, 9.17) is 0 Å². The van der Waals surface area contributed by atoms with E-state index in [0.29, 0.717) is 6.54 Å². The Morgan fingerprint density at radius 3 is 2.74 bits per heavy atom. The minimum absolute atomic E-state index is 0.0487. The quantitative estimate of drug-likeness (QED) is 0.695. The number of rotatable bonds is 6. The molecule has 0 radical (unpaired) electrons. The van der Waals surface area contributed by atoms with E-state index in [1.807, 2.05) is 18.2 Å². The number of hydrogen-bond donors (Lipinski definition) is 3. The summed E-state index contributed by atoms with van der Waals surface area (Å²) in [4.78, 5) is 15.0. The van der Waals surface area contributed by atoms with Crippen LogP contribution in [0, 0.1) is 5.92 Å². The highest BCUT2D eigenvalue weighted by molar-refractivity contribution is 5.80. The molecule has 0 saturated carbocycles. The monoisotopic (exact) mass is 316 g/mol. The van der Waals surface area contributed by atoms with Crippen molar-refractivity contribution in [1.82, 2.24) is 21.1 Å². The number of hydrazine groups is 1. The van der Waals surface area contributed by atoms with E-state index in [2.05, 4.69) is 33.2 Å². The summed E-state index contributed by atoms with van der Waals surface area (Å²) in [5, 5.41) is 3.12. The van der Waals surface area contributed by atoms with Crippen molar-refractivity contribution in [1.29, 1.82) is 0 Å². The molecular formula is C18H28N4O. The zero-order valence-electron chi connectivity index (χ0n) is 13.8. The van der Waals surface area contributed by atoms with Gasteiger partial charge in [-0.05, 0) is 44.5 Å². The van der Waals surface area contributed by atoms with Crippen LogP contribution in [0.3, 0.4) is 0 Å². The van der Waals surface area contributed by atoms with Gasteiger partial charge in [0.2, 0.25) is 5.91 Å². The zero-order valence-corrected chi connectivity index (χ0v) is 13.8. The lowest BCUT2D eigenvalue weighted by atomic mass is 9.94. The Morgan fingerprint density at radius 2 is 1.96 bits per heavy atom. The first-order valence-electron chi connectivity index (χ1n) is 8.88. The molecule has 3 N–H and O–H groups in total. The van der Waals surface area contributed by atoms with Gasteiger partial charge in [0.25, 0.3) is 0 Å². The number of hydrogen-bond acceptors (Lipinski definition) is 4. The Labute approximate surface area is 138 Å². The van der Waals surface area contributed by atoms with Crippen molar-refractivity contribution < 1.29 is 4.79 Å². The summed E-state index contributed by atoms with van der Waals surface area (Å²) >= 11 is 0. The van der Waals surface area contributed by atoms with Crippen molar-refractivity contribution in [2.45, 2.75) is 31.7 Å². The molecule has 2 saturated heterocycles. The number of amides is 1. The lowest BCUT2D eigenvalue weighted by Gasteiger charge is -2.26. The third-order valence-corrected chi connectivity index (χ3v) is 4.88. The zero-order chi connectivity index (χ0) is 15.9. The molecule has 3 rings (SSSR count). The van der Waals surface area contributed by atoms with Crippen LogP contribution in [0.2, 0.25) is 0 Å². The molecule has 2 aliphatic heterocycles. The fraction of sp³-hybridized carbons (Fsp3) is 0.611. The van der Waals surface area contributed by atoms with Gasteiger partial charge in [-0.15, -0.1) is 0 Å². The maximum Gasteiger partial charge on any atom is 0.226 e. The second-order valence-electron chi connectivity index (χ2n) is 6.57. The Morgan fingerprint density at radius 1 is 1.17 bits per heavy atom. The summed E-state index contributed by atoms with van der Waals surface area (Å²) in [6.45, 7) is 5.00. The minimum Gasteiger partial charge on any atom is -0.356 e. The van der Waals surface area contributed by atoms with Gasteiger partial charge in [0, 0.05) is 13.1 Å². The van der Waals surface area contributed by atoms with Crippen molar-refractivity contribution in [3.8, 4) is 0 Å². The SMILES string of the molecule is O=C(NCCCN1CCCCC1)C1CNNC1c1ccccc1. The van der Waals surface area contributed by atoms with Crippen molar-refractivity contribution in [3.63, 3.8) is 0 Å². The Kier molecular flexibility index (Phi) is 6.02. The molecule has 5 nitrogen and oxygen atoms in total. The molecule has 2 unspecified atom stereocenters. The molecule has 0 aromatic heterocycles. The minimum atomic E-state index is -0.0487. The average molecular weight is 316 g/mol. The van der Waals surface area contributed by atoms with E-state index in [1.54, 1.807) is 0 Å². The van der Waals surface area contributed by atoms with E-state index in [9.17, 15) is 4.79 Å². The first-order chi connectivity index (χ1) is 11.3. The second-order valence-corrected chi connectivity index (χ2v) is 6.57. The molecule has 2 fully saturated rings. The molecule has 0 bridgehead atoms. The van der Waals surface area contributed by atoms with E-state index < -0.39 is 0 Å². The summed E-state index contributed by atoms with van der Waals surface area (Å²) in [6.07, 6.45) is 5.06. The molecule has 2 heterocycles. The van der Waals surface area contributed by atoms with Gasteiger partial charge in [-0.3, -0.25) is 10.2 Å². The lowest BCUT2D eigenvalue weighted by Crippen LogP contribution is -2.37. The van der Waals surface area contributed by atoms with Gasteiger partial charge in [0.1, 0.15) is 0 Å². The molecular weight excluding hydrogens is 288 g/mol. The highest BCUT2D eigenvalue weighted by atomic mass is 16.2. The Bertz CT molecular complexity index is 487. The van der Waals surface area contributed by atoms with Gasteiger partial charge in [-0.2, -0.15) is 0 Å². The molecule has 1 amide bonds. The number of nitrogens with one attached hydrogen (secondary N) is 3. The van der Waals surface area contributed by atoms with E-state index >= 15 is 0 Å². The van der Waals surface area contributed by atoms with Gasteiger partial charge in [0.05, 0.1) is 12.0 Å². The van der Waals surface area contributed by atoms with Gasteiger partial charge >= 0.3 is 0 Å². The number of carbonyl (C=O) groups excluding carboxylic acids is 1. The summed E-state index contributed by atoms with van der Waals surface area (Å²) in [6, 6.07) is 10.2. The lowest BCUT2D eigenvalue weighted by molar-refractivity contribution is -0.124. The molecule has 1 aromatic carbocycles. The Balaban J connectivity index is 1.42. The van der Waals surface area contributed by atoms with Crippen LogP contribution in [-0.4, -0.2) is 43.5 Å². The molecule has 0 spiro atoms. The van der Waals surface area contributed by atoms with Crippen LogP contribution in [0.5, 0.6) is 0 Å². The van der Waals surface area contributed by atoms with E-state index in [0.717, 1.165) is 25.1 Å². The van der Waals surface area contributed by atoms with Crippen LogP contribution in [0.15, 0.2) is 30.3 Å². The molecule has 5 heteroatoms. The first kappa shape index (κ1) is 16.4. The maximum atomic E-state index is 12.5. The summed E-state index contributed by atoms with van der Waals surface area (Å²) < 4.78 is 0.